The molecular weight excluding hydrogens is 400 g/mol. The Morgan fingerprint density at radius 3 is 2.85 bits per heavy atom. The molecule has 0 aliphatic rings. The molecule has 5 nitrogen and oxygen atoms in total. The van der Waals surface area contributed by atoms with Gasteiger partial charge in [-0.1, -0.05) is 35.1 Å². The van der Waals surface area contributed by atoms with Crippen LogP contribution in [0.1, 0.15) is 6.92 Å². The fourth-order valence-electron chi connectivity index (χ4n) is 2.47. The lowest BCUT2D eigenvalue weighted by Crippen LogP contribution is -2.04. The number of carbonyl (C=O) groups excluding carboxylic acids is 1. The van der Waals surface area contributed by atoms with Crippen molar-refractivity contribution in [2.45, 2.75) is 17.0 Å². The number of hydrogen-bond donors (Lipinski definition) is 1. The van der Waals surface area contributed by atoms with Gasteiger partial charge in [-0.15, -0.1) is 0 Å². The predicted octanol–water partition coefficient (Wildman–Crippen LogP) is 5.52. The van der Waals surface area contributed by atoms with E-state index >= 15 is 0 Å². The maximum atomic E-state index is 11.2. The average Bonchev–Trinajstić information content (AvgIpc) is 3.02. The maximum Gasteiger partial charge on any atom is 0.223 e. The minimum atomic E-state index is -0.132. The normalized spacial score (nSPS) is 10.9. The van der Waals surface area contributed by atoms with E-state index in [9.17, 15) is 4.79 Å². The van der Waals surface area contributed by atoms with Crippen LogP contribution < -0.4 is 5.32 Å². The Balaban J connectivity index is 1.63. The largest absolute Gasteiger partial charge is 0.302 e. The summed E-state index contributed by atoms with van der Waals surface area (Å²) in [4.78, 5) is 25.6. The standard InChI is InChI=1S/C19H13ClN4OS2/c1-11(25)22-19-24-16-6-5-12(9-17(16)27-19)15-7-8-21-18(23-15)26-14-4-2-3-13(20)10-14/h2-10H,1H3,(H,22,24,25). The van der Waals surface area contributed by atoms with Crippen LogP contribution >= 0.6 is 34.7 Å². The number of thiazole rings is 1. The highest BCUT2D eigenvalue weighted by Gasteiger charge is 2.09. The smallest absolute Gasteiger partial charge is 0.223 e. The summed E-state index contributed by atoms with van der Waals surface area (Å²) in [5.74, 6) is -0.132. The van der Waals surface area contributed by atoms with Crippen molar-refractivity contribution in [3.63, 3.8) is 0 Å². The van der Waals surface area contributed by atoms with Gasteiger partial charge in [-0.25, -0.2) is 15.0 Å². The first-order valence-electron chi connectivity index (χ1n) is 8.02. The minimum absolute atomic E-state index is 0.132. The molecule has 0 saturated heterocycles. The minimum Gasteiger partial charge on any atom is -0.302 e. The van der Waals surface area contributed by atoms with Crippen LogP contribution in [-0.4, -0.2) is 20.9 Å². The molecule has 1 N–H and O–H groups in total. The molecule has 0 fully saturated rings. The van der Waals surface area contributed by atoms with Crippen LogP contribution in [0.15, 0.2) is 64.8 Å². The molecule has 134 valence electrons. The summed E-state index contributed by atoms with van der Waals surface area (Å²) in [5.41, 5.74) is 2.64. The van der Waals surface area contributed by atoms with E-state index in [-0.39, 0.29) is 5.91 Å². The lowest BCUT2D eigenvalue weighted by Gasteiger charge is -2.04. The van der Waals surface area contributed by atoms with E-state index < -0.39 is 0 Å². The molecule has 2 aromatic carbocycles. The maximum absolute atomic E-state index is 11.2. The van der Waals surface area contributed by atoms with E-state index in [1.54, 1.807) is 6.20 Å². The van der Waals surface area contributed by atoms with Gasteiger partial charge in [0.2, 0.25) is 5.91 Å². The van der Waals surface area contributed by atoms with Gasteiger partial charge in [0, 0.05) is 28.6 Å². The molecule has 0 radical (unpaired) electrons. The molecule has 8 heteroatoms. The van der Waals surface area contributed by atoms with E-state index in [4.69, 9.17) is 11.6 Å². The topological polar surface area (TPSA) is 67.8 Å². The van der Waals surface area contributed by atoms with E-state index in [1.165, 1.54) is 30.0 Å². The van der Waals surface area contributed by atoms with Crippen LogP contribution in [0.5, 0.6) is 0 Å². The molecule has 2 heterocycles. The molecule has 0 aliphatic carbocycles. The van der Waals surface area contributed by atoms with Crippen molar-refractivity contribution >= 4 is 56.0 Å². The number of hydrogen-bond acceptors (Lipinski definition) is 6. The third kappa shape index (κ3) is 4.27. The Hall–Kier alpha value is -2.48. The van der Waals surface area contributed by atoms with Crippen molar-refractivity contribution in [2.24, 2.45) is 0 Å². The fourth-order valence-corrected chi connectivity index (χ4v) is 4.48. The van der Waals surface area contributed by atoms with Crippen molar-refractivity contribution in [1.29, 1.82) is 0 Å². The summed E-state index contributed by atoms with van der Waals surface area (Å²) in [5, 5.41) is 4.65. The van der Waals surface area contributed by atoms with Gasteiger partial charge in [-0.2, -0.15) is 0 Å². The molecule has 2 aromatic heterocycles. The molecule has 0 saturated carbocycles. The van der Waals surface area contributed by atoms with Crippen molar-refractivity contribution in [3.05, 3.63) is 59.8 Å². The second-order valence-corrected chi connectivity index (χ2v) is 8.17. The van der Waals surface area contributed by atoms with Crippen LogP contribution in [-0.2, 0) is 4.79 Å². The van der Waals surface area contributed by atoms with Crippen LogP contribution in [0.3, 0.4) is 0 Å². The molecule has 4 rings (SSSR count). The third-order valence-corrected chi connectivity index (χ3v) is 5.64. The highest BCUT2D eigenvalue weighted by molar-refractivity contribution is 7.99. The lowest BCUT2D eigenvalue weighted by molar-refractivity contribution is -0.114. The predicted molar refractivity (Wildman–Crippen MR) is 111 cm³/mol. The summed E-state index contributed by atoms with van der Waals surface area (Å²) in [6.07, 6.45) is 1.74. The number of benzene rings is 2. The number of aromatic nitrogens is 3. The molecule has 27 heavy (non-hydrogen) atoms. The van der Waals surface area contributed by atoms with Gasteiger partial charge in [-0.3, -0.25) is 4.79 Å². The first-order valence-corrected chi connectivity index (χ1v) is 10.0. The average molecular weight is 413 g/mol. The zero-order valence-electron chi connectivity index (χ0n) is 14.1. The number of halogens is 1. The van der Waals surface area contributed by atoms with Gasteiger partial charge in [0.25, 0.3) is 0 Å². The first kappa shape index (κ1) is 17.9. The number of nitrogens with one attached hydrogen (secondary N) is 1. The Kier molecular flexibility index (Phi) is 5.07. The molecular formula is C19H13ClN4OS2. The molecule has 4 aromatic rings. The van der Waals surface area contributed by atoms with Crippen LogP contribution in [0.4, 0.5) is 5.13 Å². The highest BCUT2D eigenvalue weighted by atomic mass is 35.5. The van der Waals surface area contributed by atoms with Gasteiger partial charge in [0.05, 0.1) is 15.9 Å². The number of rotatable bonds is 4. The van der Waals surface area contributed by atoms with E-state index in [0.717, 1.165) is 26.4 Å². The fraction of sp³-hybridized carbons (Fsp3) is 0.0526. The Morgan fingerprint density at radius 1 is 1.15 bits per heavy atom. The molecule has 0 spiro atoms. The van der Waals surface area contributed by atoms with Crippen molar-refractivity contribution < 1.29 is 4.79 Å². The van der Waals surface area contributed by atoms with Crippen molar-refractivity contribution in [1.82, 2.24) is 15.0 Å². The van der Waals surface area contributed by atoms with Gasteiger partial charge in [-0.05, 0) is 48.2 Å². The summed E-state index contributed by atoms with van der Waals surface area (Å²) in [6, 6.07) is 15.4. The lowest BCUT2D eigenvalue weighted by atomic mass is 10.1. The van der Waals surface area contributed by atoms with Gasteiger partial charge in [0.1, 0.15) is 0 Å². The SMILES string of the molecule is CC(=O)Nc1nc2ccc(-c3ccnc(Sc4cccc(Cl)c4)n3)cc2s1. The number of carbonyl (C=O) groups is 1. The first-order chi connectivity index (χ1) is 13.1. The quantitative estimate of drug-likeness (QED) is 0.447. The van der Waals surface area contributed by atoms with E-state index in [2.05, 4.69) is 20.3 Å². The molecule has 0 bridgehead atoms. The summed E-state index contributed by atoms with van der Waals surface area (Å²) >= 11 is 8.94. The third-order valence-electron chi connectivity index (χ3n) is 3.61. The van der Waals surface area contributed by atoms with Crippen LogP contribution in [0, 0.1) is 0 Å². The van der Waals surface area contributed by atoms with Gasteiger partial charge < -0.3 is 5.32 Å². The zero-order valence-corrected chi connectivity index (χ0v) is 16.5. The van der Waals surface area contributed by atoms with Crippen LogP contribution in [0.2, 0.25) is 5.02 Å². The highest BCUT2D eigenvalue weighted by Crippen LogP contribution is 2.31. The Labute approximate surface area is 168 Å². The summed E-state index contributed by atoms with van der Waals surface area (Å²) < 4.78 is 0.985. The molecule has 1 amide bonds. The molecule has 0 unspecified atom stereocenters. The molecule has 0 atom stereocenters. The van der Waals surface area contributed by atoms with Crippen LogP contribution in [0.25, 0.3) is 21.5 Å². The van der Waals surface area contributed by atoms with E-state index in [0.29, 0.717) is 15.3 Å². The summed E-state index contributed by atoms with van der Waals surface area (Å²) in [6.45, 7) is 1.47. The Bertz CT molecular complexity index is 1150. The Morgan fingerprint density at radius 2 is 2.04 bits per heavy atom. The number of amides is 1. The van der Waals surface area contributed by atoms with Gasteiger partial charge in [0.15, 0.2) is 10.3 Å². The van der Waals surface area contributed by atoms with Crippen molar-refractivity contribution in [3.8, 4) is 11.3 Å². The second-order valence-electron chi connectivity index (χ2n) is 5.67. The number of nitrogens with zero attached hydrogens (tertiary/aromatic N) is 3. The number of fused-ring (bicyclic) bond motifs is 1. The number of anilines is 1. The van der Waals surface area contributed by atoms with Crippen molar-refractivity contribution in [2.75, 3.05) is 5.32 Å². The zero-order chi connectivity index (χ0) is 18.8. The second kappa shape index (κ2) is 7.64. The molecule has 0 aliphatic heterocycles. The summed E-state index contributed by atoms with van der Waals surface area (Å²) in [7, 11) is 0. The monoisotopic (exact) mass is 412 g/mol. The van der Waals surface area contributed by atoms with Gasteiger partial charge >= 0.3 is 0 Å². The van der Waals surface area contributed by atoms with E-state index in [1.807, 2.05) is 48.5 Å².